The van der Waals surface area contributed by atoms with Crippen LogP contribution in [-0.4, -0.2) is 60.4 Å². The summed E-state index contributed by atoms with van der Waals surface area (Å²) >= 11 is 1.26. The predicted molar refractivity (Wildman–Crippen MR) is 96.1 cm³/mol. The van der Waals surface area contributed by atoms with Gasteiger partial charge in [-0.2, -0.15) is 13.2 Å². The van der Waals surface area contributed by atoms with Crippen molar-refractivity contribution in [1.29, 1.82) is 0 Å². The van der Waals surface area contributed by atoms with Gasteiger partial charge in [0.25, 0.3) is 5.91 Å². The van der Waals surface area contributed by atoms with Crippen molar-refractivity contribution in [3.05, 3.63) is 16.0 Å². The van der Waals surface area contributed by atoms with Gasteiger partial charge in [-0.1, -0.05) is 0 Å². The number of carbonyl (C=O) groups is 3. The smallest absolute Gasteiger partial charge is 0.337 e. The molecule has 1 aromatic heterocycles. The Balaban J connectivity index is 1.66. The van der Waals surface area contributed by atoms with Crippen LogP contribution in [0.4, 0.5) is 18.2 Å². The number of thiophene rings is 1. The van der Waals surface area contributed by atoms with E-state index in [1.807, 2.05) is 0 Å². The van der Waals surface area contributed by atoms with Gasteiger partial charge >= 0.3 is 6.18 Å². The van der Waals surface area contributed by atoms with E-state index in [0.717, 1.165) is 18.4 Å². The van der Waals surface area contributed by atoms with Crippen LogP contribution in [0.15, 0.2) is 0 Å². The molecule has 3 aliphatic rings. The monoisotopic (exact) mass is 415 g/mol. The first kappa shape index (κ1) is 19.2. The van der Waals surface area contributed by atoms with Crippen LogP contribution in [0.5, 0.6) is 0 Å². The summed E-state index contributed by atoms with van der Waals surface area (Å²) in [5.41, 5.74) is 1.25. The van der Waals surface area contributed by atoms with Gasteiger partial charge in [0.15, 0.2) is 0 Å². The van der Waals surface area contributed by atoms with E-state index in [0.29, 0.717) is 34.3 Å². The van der Waals surface area contributed by atoms with Crippen LogP contribution < -0.4 is 4.90 Å². The summed E-state index contributed by atoms with van der Waals surface area (Å²) in [6, 6.07) is 0. The molecule has 4 rings (SSSR count). The lowest BCUT2D eigenvalue weighted by Crippen LogP contribution is -2.39. The van der Waals surface area contributed by atoms with Crippen LogP contribution in [-0.2, 0) is 22.6 Å². The van der Waals surface area contributed by atoms with Gasteiger partial charge in [-0.05, 0) is 30.7 Å². The molecule has 0 atom stereocenters. The van der Waals surface area contributed by atoms with Gasteiger partial charge in [0, 0.05) is 25.0 Å². The lowest BCUT2D eigenvalue weighted by atomic mass is 10.0. The number of halogens is 3. The highest BCUT2D eigenvalue weighted by Gasteiger charge is 2.40. The van der Waals surface area contributed by atoms with Crippen molar-refractivity contribution in [2.45, 2.75) is 38.4 Å². The number of rotatable bonds is 3. The first-order chi connectivity index (χ1) is 13.1. The number of amides is 3. The Kier molecular flexibility index (Phi) is 4.64. The van der Waals surface area contributed by atoms with Gasteiger partial charge in [-0.25, -0.2) is 0 Å². The molecular formula is C18H20F3N3O3S. The average Bonchev–Trinajstić information content (AvgIpc) is 3.35. The van der Waals surface area contributed by atoms with Crippen LogP contribution >= 0.6 is 11.3 Å². The normalized spacial score (nSPS) is 20.2. The van der Waals surface area contributed by atoms with E-state index in [1.54, 1.807) is 11.9 Å². The zero-order valence-corrected chi connectivity index (χ0v) is 16.2. The minimum atomic E-state index is -4.55. The fourth-order valence-corrected chi connectivity index (χ4v) is 5.08. The van der Waals surface area contributed by atoms with Crippen molar-refractivity contribution in [3.63, 3.8) is 0 Å². The molecule has 3 amide bonds. The van der Waals surface area contributed by atoms with Crippen molar-refractivity contribution in [2.24, 2.45) is 5.92 Å². The maximum Gasteiger partial charge on any atom is 0.397 e. The van der Waals surface area contributed by atoms with Crippen molar-refractivity contribution in [2.75, 3.05) is 31.6 Å². The quantitative estimate of drug-likeness (QED) is 0.762. The van der Waals surface area contributed by atoms with E-state index in [-0.39, 0.29) is 31.4 Å². The van der Waals surface area contributed by atoms with Gasteiger partial charge in [0.05, 0.1) is 12.1 Å². The van der Waals surface area contributed by atoms with Crippen molar-refractivity contribution >= 4 is 34.1 Å². The molecule has 1 aliphatic carbocycles. The van der Waals surface area contributed by atoms with Crippen LogP contribution in [0.25, 0.3) is 0 Å². The number of alkyl halides is 3. The minimum Gasteiger partial charge on any atom is -0.337 e. The Bertz CT molecular complexity index is 847. The largest absolute Gasteiger partial charge is 0.397 e. The number of hydrogen-bond acceptors (Lipinski definition) is 4. The highest BCUT2D eigenvalue weighted by Crippen LogP contribution is 2.43. The summed E-state index contributed by atoms with van der Waals surface area (Å²) in [6.07, 6.45) is -3.62. The number of carbonyl (C=O) groups excluding carboxylic acids is 3. The van der Waals surface area contributed by atoms with Crippen LogP contribution in [0.2, 0.25) is 0 Å². The zero-order chi connectivity index (χ0) is 20.2. The Labute approximate surface area is 163 Å². The molecule has 1 aromatic rings. The maximum absolute atomic E-state index is 12.9. The fraction of sp³-hybridized carbons (Fsp3) is 0.611. The molecule has 10 heteroatoms. The lowest BCUT2D eigenvalue weighted by Gasteiger charge is -2.28. The van der Waals surface area contributed by atoms with Gasteiger partial charge in [-0.3, -0.25) is 14.4 Å². The first-order valence-corrected chi connectivity index (χ1v) is 10.0. The van der Waals surface area contributed by atoms with Crippen LogP contribution in [0.1, 0.15) is 40.1 Å². The summed E-state index contributed by atoms with van der Waals surface area (Å²) in [5.74, 6) is -0.922. The molecule has 0 bridgehead atoms. The van der Waals surface area contributed by atoms with Crippen molar-refractivity contribution in [3.8, 4) is 0 Å². The third-order valence-corrected chi connectivity index (χ3v) is 6.60. The molecule has 1 fully saturated rings. The molecule has 152 valence electrons. The number of nitrogens with zero attached hydrogens (tertiary/aromatic N) is 3. The van der Waals surface area contributed by atoms with E-state index in [9.17, 15) is 27.6 Å². The van der Waals surface area contributed by atoms with Gasteiger partial charge < -0.3 is 14.7 Å². The molecule has 1 saturated carbocycles. The topological polar surface area (TPSA) is 60.9 Å². The van der Waals surface area contributed by atoms with E-state index < -0.39 is 18.5 Å². The second-order valence-electron chi connectivity index (χ2n) is 7.65. The molecule has 0 saturated heterocycles. The van der Waals surface area contributed by atoms with Gasteiger partial charge in [-0.15, -0.1) is 11.3 Å². The SMILES string of the molecule is CN1CC(=O)N(CC2CC2)c2sc3c(c2C1=O)CCN(C(=O)CC(F)(F)F)C3. The molecule has 0 unspecified atom stereocenters. The Hall–Kier alpha value is -2.10. The van der Waals surface area contributed by atoms with E-state index in [1.165, 1.54) is 21.1 Å². The first-order valence-electron chi connectivity index (χ1n) is 9.19. The second kappa shape index (κ2) is 6.75. The van der Waals surface area contributed by atoms with Crippen LogP contribution in [0, 0.1) is 5.92 Å². The standard InChI is InChI=1S/C18H20F3N3O3S/c1-22-9-14(26)24(7-10-2-3-10)17-15(16(22)27)11-4-5-23(8-12(11)28-17)13(25)6-18(19,20)21/h10H,2-9H2,1H3. The highest BCUT2D eigenvalue weighted by molar-refractivity contribution is 7.17. The molecular weight excluding hydrogens is 395 g/mol. The number of fused-ring (bicyclic) bond motifs is 3. The Morgan fingerprint density at radius 1 is 1.21 bits per heavy atom. The summed E-state index contributed by atoms with van der Waals surface area (Å²) < 4.78 is 37.7. The van der Waals surface area contributed by atoms with Gasteiger partial charge in [0.2, 0.25) is 11.8 Å². The van der Waals surface area contributed by atoms with E-state index >= 15 is 0 Å². The van der Waals surface area contributed by atoms with Crippen molar-refractivity contribution in [1.82, 2.24) is 9.80 Å². The molecule has 0 radical (unpaired) electrons. The number of likely N-dealkylation sites (N-methyl/N-ethyl adjacent to an activating group) is 1. The summed E-state index contributed by atoms with van der Waals surface area (Å²) in [7, 11) is 1.58. The molecule has 2 aliphatic heterocycles. The molecule has 28 heavy (non-hydrogen) atoms. The minimum absolute atomic E-state index is 0.0118. The number of anilines is 1. The maximum atomic E-state index is 12.9. The zero-order valence-electron chi connectivity index (χ0n) is 15.3. The molecule has 0 spiro atoms. The number of hydrogen-bond donors (Lipinski definition) is 0. The molecule has 0 aromatic carbocycles. The predicted octanol–water partition coefficient (Wildman–Crippen LogP) is 2.41. The summed E-state index contributed by atoms with van der Waals surface area (Å²) in [5, 5.41) is 0.585. The molecule has 3 heterocycles. The third-order valence-electron chi connectivity index (χ3n) is 5.36. The second-order valence-corrected chi connectivity index (χ2v) is 8.73. The highest BCUT2D eigenvalue weighted by atomic mass is 32.1. The lowest BCUT2D eigenvalue weighted by molar-refractivity contribution is -0.162. The summed E-state index contributed by atoms with van der Waals surface area (Å²) in [6.45, 7) is 0.754. The molecule has 6 nitrogen and oxygen atoms in total. The van der Waals surface area contributed by atoms with Crippen LogP contribution in [0.3, 0.4) is 0 Å². The average molecular weight is 415 g/mol. The van der Waals surface area contributed by atoms with Gasteiger partial charge in [0.1, 0.15) is 18.0 Å². The Morgan fingerprint density at radius 3 is 2.57 bits per heavy atom. The van der Waals surface area contributed by atoms with E-state index in [2.05, 4.69) is 0 Å². The Morgan fingerprint density at radius 2 is 1.93 bits per heavy atom. The fourth-order valence-electron chi connectivity index (χ4n) is 3.70. The molecule has 0 N–H and O–H groups in total. The van der Waals surface area contributed by atoms with E-state index in [4.69, 9.17) is 0 Å². The third kappa shape index (κ3) is 3.61. The van der Waals surface area contributed by atoms with Crippen molar-refractivity contribution < 1.29 is 27.6 Å². The summed E-state index contributed by atoms with van der Waals surface area (Å²) in [4.78, 5) is 42.5.